The van der Waals surface area contributed by atoms with E-state index in [4.69, 9.17) is 5.73 Å². The van der Waals surface area contributed by atoms with Gasteiger partial charge in [-0.1, -0.05) is 12.1 Å². The first-order valence-corrected chi connectivity index (χ1v) is 7.06. The molecule has 3 aliphatic rings. The molecule has 1 saturated carbocycles. The summed E-state index contributed by atoms with van der Waals surface area (Å²) in [7, 11) is 0. The summed E-state index contributed by atoms with van der Waals surface area (Å²) in [6.07, 6.45) is 4.30. The van der Waals surface area contributed by atoms with Crippen molar-refractivity contribution in [3.8, 4) is 0 Å². The van der Waals surface area contributed by atoms with Crippen LogP contribution in [0.2, 0.25) is 0 Å². The van der Waals surface area contributed by atoms with Gasteiger partial charge in [0, 0.05) is 6.54 Å². The average Bonchev–Trinajstić information content (AvgIpc) is 3.07. The summed E-state index contributed by atoms with van der Waals surface area (Å²) >= 11 is 0. The Balaban J connectivity index is 1.77. The van der Waals surface area contributed by atoms with Crippen LogP contribution < -0.4 is 5.73 Å². The van der Waals surface area contributed by atoms with Gasteiger partial charge in [-0.15, -0.1) is 0 Å². The fraction of sp³-hybridized carbons (Fsp3) is 0.533. The number of hydrogen-bond donors (Lipinski definition) is 1. The number of halogens is 1. The fourth-order valence-corrected chi connectivity index (χ4v) is 3.59. The normalized spacial score (nSPS) is 28.9. The third-order valence-electron chi connectivity index (χ3n) is 4.84. The average molecular weight is 259 g/mol. The molecule has 0 saturated heterocycles. The molecule has 0 bridgehead atoms. The van der Waals surface area contributed by atoms with E-state index in [1.165, 1.54) is 12.8 Å². The predicted molar refractivity (Wildman–Crippen MR) is 72.3 cm³/mol. The van der Waals surface area contributed by atoms with Gasteiger partial charge in [-0.2, -0.15) is 0 Å². The van der Waals surface area contributed by atoms with E-state index in [0.717, 1.165) is 36.4 Å². The van der Waals surface area contributed by atoms with E-state index in [-0.39, 0.29) is 11.4 Å². The number of nitrogens with zero attached hydrogens (tertiary/aromatic N) is 2. The zero-order chi connectivity index (χ0) is 13.0. The van der Waals surface area contributed by atoms with Crippen molar-refractivity contribution in [3.05, 3.63) is 35.1 Å². The maximum Gasteiger partial charge on any atom is 0.192 e. The van der Waals surface area contributed by atoms with Crippen molar-refractivity contribution in [2.75, 3.05) is 13.1 Å². The lowest BCUT2D eigenvalue weighted by molar-refractivity contribution is 0.194. The smallest absolute Gasteiger partial charge is 0.192 e. The number of rotatable bonds is 2. The summed E-state index contributed by atoms with van der Waals surface area (Å²) in [6.45, 7) is 1.66. The molecule has 19 heavy (non-hydrogen) atoms. The number of aliphatic imine (C=N–C) groups is 1. The van der Waals surface area contributed by atoms with E-state index in [2.05, 4.69) is 16.0 Å². The molecule has 2 N–H and O–H groups in total. The van der Waals surface area contributed by atoms with Gasteiger partial charge < -0.3 is 10.6 Å². The van der Waals surface area contributed by atoms with Crippen LogP contribution in [0.4, 0.5) is 4.39 Å². The first-order chi connectivity index (χ1) is 9.21. The van der Waals surface area contributed by atoms with Gasteiger partial charge in [0.2, 0.25) is 0 Å². The second-order valence-corrected chi connectivity index (χ2v) is 6.03. The minimum Gasteiger partial charge on any atom is -0.370 e. The van der Waals surface area contributed by atoms with Crippen LogP contribution in [0, 0.1) is 11.7 Å². The molecule has 3 nitrogen and oxygen atoms in total. The molecule has 1 spiro atoms. The molecule has 2 aliphatic carbocycles. The number of nitrogens with two attached hydrogens (primary N) is 1. The van der Waals surface area contributed by atoms with Crippen LogP contribution in [0.25, 0.3) is 0 Å². The zero-order valence-electron chi connectivity index (χ0n) is 10.9. The first kappa shape index (κ1) is 11.3. The second-order valence-electron chi connectivity index (χ2n) is 6.03. The van der Waals surface area contributed by atoms with E-state index >= 15 is 0 Å². The molecule has 1 fully saturated rings. The van der Waals surface area contributed by atoms with Crippen molar-refractivity contribution in [1.82, 2.24) is 4.90 Å². The first-order valence-electron chi connectivity index (χ1n) is 7.06. The SMILES string of the molecule is NC1=NCC2(CCc3c(F)cccc32)N1CC1CC1. The Morgan fingerprint density at radius 1 is 1.42 bits per heavy atom. The van der Waals surface area contributed by atoms with Gasteiger partial charge in [-0.25, -0.2) is 4.39 Å². The number of benzene rings is 1. The van der Waals surface area contributed by atoms with Crippen LogP contribution >= 0.6 is 0 Å². The molecule has 100 valence electrons. The Bertz CT molecular complexity index is 565. The second kappa shape index (κ2) is 3.71. The van der Waals surface area contributed by atoms with Gasteiger partial charge >= 0.3 is 0 Å². The van der Waals surface area contributed by atoms with Gasteiger partial charge in [-0.3, -0.25) is 4.99 Å². The maximum absolute atomic E-state index is 13.9. The maximum atomic E-state index is 13.9. The van der Waals surface area contributed by atoms with E-state index in [9.17, 15) is 4.39 Å². The summed E-state index contributed by atoms with van der Waals surface area (Å²) in [4.78, 5) is 6.71. The van der Waals surface area contributed by atoms with Gasteiger partial charge in [0.05, 0.1) is 12.1 Å². The highest BCUT2D eigenvalue weighted by atomic mass is 19.1. The van der Waals surface area contributed by atoms with Gasteiger partial charge in [-0.05, 0) is 48.8 Å². The van der Waals surface area contributed by atoms with Crippen LogP contribution in [0.15, 0.2) is 23.2 Å². The monoisotopic (exact) mass is 259 g/mol. The van der Waals surface area contributed by atoms with Crippen LogP contribution in [0.3, 0.4) is 0 Å². The Morgan fingerprint density at radius 3 is 3.05 bits per heavy atom. The quantitative estimate of drug-likeness (QED) is 0.882. The molecule has 1 heterocycles. The molecule has 1 aliphatic heterocycles. The molecular weight excluding hydrogens is 241 g/mol. The van der Waals surface area contributed by atoms with E-state index in [1.54, 1.807) is 6.07 Å². The van der Waals surface area contributed by atoms with Crippen molar-refractivity contribution in [2.24, 2.45) is 16.6 Å². The predicted octanol–water partition coefficient (Wildman–Crippen LogP) is 2.01. The van der Waals surface area contributed by atoms with Crippen molar-refractivity contribution in [1.29, 1.82) is 0 Å². The molecule has 1 aromatic rings. The summed E-state index contributed by atoms with van der Waals surface area (Å²) < 4.78 is 13.9. The molecule has 0 radical (unpaired) electrons. The molecule has 0 amide bonds. The molecule has 0 aromatic heterocycles. The number of hydrogen-bond acceptors (Lipinski definition) is 3. The molecule has 4 heteroatoms. The number of fused-ring (bicyclic) bond motifs is 2. The fourth-order valence-electron chi connectivity index (χ4n) is 3.59. The highest BCUT2D eigenvalue weighted by Gasteiger charge is 2.49. The summed E-state index contributed by atoms with van der Waals surface area (Å²) in [6, 6.07) is 5.42. The van der Waals surface area contributed by atoms with Gasteiger partial charge in [0.25, 0.3) is 0 Å². The summed E-state index contributed by atoms with van der Waals surface area (Å²) in [5.74, 6) is 1.32. The Hall–Kier alpha value is -1.58. The molecule has 1 aromatic carbocycles. The van der Waals surface area contributed by atoms with Crippen molar-refractivity contribution in [3.63, 3.8) is 0 Å². The largest absolute Gasteiger partial charge is 0.370 e. The van der Waals surface area contributed by atoms with E-state index in [0.29, 0.717) is 12.5 Å². The summed E-state index contributed by atoms with van der Waals surface area (Å²) in [5, 5.41) is 0. The Morgan fingerprint density at radius 2 is 2.26 bits per heavy atom. The van der Waals surface area contributed by atoms with Gasteiger partial charge in [0.15, 0.2) is 5.96 Å². The van der Waals surface area contributed by atoms with E-state index < -0.39 is 0 Å². The van der Waals surface area contributed by atoms with E-state index in [1.807, 2.05) is 6.07 Å². The molecule has 4 rings (SSSR count). The lowest BCUT2D eigenvalue weighted by atomic mass is 9.90. The number of guanidine groups is 1. The van der Waals surface area contributed by atoms with Crippen LogP contribution in [-0.4, -0.2) is 23.9 Å². The Labute approximate surface area is 112 Å². The highest BCUT2D eigenvalue weighted by molar-refractivity contribution is 5.81. The molecular formula is C15H18FN3. The lowest BCUT2D eigenvalue weighted by Gasteiger charge is -2.37. The van der Waals surface area contributed by atoms with Gasteiger partial charge in [0.1, 0.15) is 5.82 Å². The van der Waals surface area contributed by atoms with Crippen molar-refractivity contribution < 1.29 is 4.39 Å². The third kappa shape index (κ3) is 1.52. The zero-order valence-corrected chi connectivity index (χ0v) is 10.9. The minimum atomic E-state index is -0.163. The summed E-state index contributed by atoms with van der Waals surface area (Å²) in [5.41, 5.74) is 7.90. The minimum absolute atomic E-state index is 0.0776. The van der Waals surface area contributed by atoms with Crippen molar-refractivity contribution in [2.45, 2.75) is 31.2 Å². The molecule has 1 unspecified atom stereocenters. The van der Waals surface area contributed by atoms with Crippen LogP contribution in [-0.2, 0) is 12.0 Å². The molecule has 1 atom stereocenters. The highest BCUT2D eigenvalue weighted by Crippen LogP contribution is 2.46. The third-order valence-corrected chi connectivity index (χ3v) is 4.84. The Kier molecular flexibility index (Phi) is 2.20. The van der Waals surface area contributed by atoms with Crippen LogP contribution in [0.1, 0.15) is 30.4 Å². The lowest BCUT2D eigenvalue weighted by Crippen LogP contribution is -2.49. The standard InChI is InChI=1S/C15H18FN3/c16-13-3-1-2-12-11(13)6-7-15(12)9-18-14(17)19(15)8-10-4-5-10/h1-3,10H,4-9H2,(H2,17,18). The van der Waals surface area contributed by atoms with Crippen molar-refractivity contribution >= 4 is 5.96 Å². The topological polar surface area (TPSA) is 41.6 Å². The van der Waals surface area contributed by atoms with Crippen LogP contribution in [0.5, 0.6) is 0 Å².